The lowest BCUT2D eigenvalue weighted by Gasteiger charge is -2.26. The van der Waals surface area contributed by atoms with E-state index >= 15 is 0 Å². The quantitative estimate of drug-likeness (QED) is 0.446. The molecule has 0 radical (unpaired) electrons. The molecule has 0 aliphatic carbocycles. The molecule has 2 unspecified atom stereocenters. The molecule has 2 fully saturated rings. The van der Waals surface area contributed by atoms with Crippen LogP contribution in [-0.2, 0) is 14.3 Å². The van der Waals surface area contributed by atoms with Gasteiger partial charge in [-0.2, -0.15) is 0 Å². The number of hydrogen-bond donors (Lipinski definition) is 1. The highest BCUT2D eigenvalue weighted by atomic mass is 35.5. The van der Waals surface area contributed by atoms with Crippen LogP contribution in [0.25, 0.3) is 5.76 Å². The molecule has 2 aliphatic heterocycles. The zero-order valence-corrected chi connectivity index (χ0v) is 17.1. The van der Waals surface area contributed by atoms with Gasteiger partial charge in [0.15, 0.2) is 0 Å². The number of hydrogen-bond acceptors (Lipinski definition) is 6. The summed E-state index contributed by atoms with van der Waals surface area (Å²) in [5, 5.41) is 11.5. The van der Waals surface area contributed by atoms with Crippen LogP contribution in [0.15, 0.2) is 48.2 Å². The lowest BCUT2D eigenvalue weighted by atomic mass is 9.97. The number of amides is 1. The van der Waals surface area contributed by atoms with Gasteiger partial charge < -0.3 is 19.5 Å². The van der Waals surface area contributed by atoms with Crippen molar-refractivity contribution in [2.75, 3.05) is 20.3 Å². The maximum Gasteiger partial charge on any atom is 0.295 e. The number of ketones is 1. The average Bonchev–Trinajstić information content (AvgIpc) is 3.36. The largest absolute Gasteiger partial charge is 0.507 e. The fourth-order valence-corrected chi connectivity index (χ4v) is 4.10. The van der Waals surface area contributed by atoms with E-state index in [1.807, 2.05) is 0 Å². The van der Waals surface area contributed by atoms with Crippen LogP contribution in [0, 0.1) is 0 Å². The van der Waals surface area contributed by atoms with Gasteiger partial charge in [-0.25, -0.2) is 0 Å². The molecule has 1 amide bonds. The number of aliphatic hydroxyl groups is 1. The first-order chi connectivity index (χ1) is 14.5. The Labute approximate surface area is 178 Å². The number of carbonyl (C=O) groups excluding carboxylic acids is 2. The number of benzene rings is 1. The maximum absolute atomic E-state index is 13.0. The molecule has 2 aliphatic rings. The number of methoxy groups -OCH3 is 1. The Balaban J connectivity index is 1.86. The first-order valence-corrected chi connectivity index (χ1v) is 10.0. The Kier molecular flexibility index (Phi) is 5.74. The van der Waals surface area contributed by atoms with E-state index in [9.17, 15) is 14.7 Å². The summed E-state index contributed by atoms with van der Waals surface area (Å²) >= 11 is 6.10. The van der Waals surface area contributed by atoms with Crippen LogP contribution in [0.4, 0.5) is 0 Å². The third-order valence-electron chi connectivity index (χ3n) is 5.35. The number of halogens is 1. The van der Waals surface area contributed by atoms with Gasteiger partial charge in [0.1, 0.15) is 17.6 Å². The van der Waals surface area contributed by atoms with E-state index in [0.717, 1.165) is 12.8 Å². The van der Waals surface area contributed by atoms with Crippen LogP contribution >= 0.6 is 11.6 Å². The van der Waals surface area contributed by atoms with E-state index in [1.54, 1.807) is 36.5 Å². The van der Waals surface area contributed by atoms with Crippen molar-refractivity contribution in [2.45, 2.75) is 25.0 Å². The summed E-state index contributed by atoms with van der Waals surface area (Å²) in [6.07, 6.45) is 3.14. The fourth-order valence-electron chi connectivity index (χ4n) is 3.93. The Morgan fingerprint density at radius 1 is 1.33 bits per heavy atom. The molecule has 0 spiro atoms. The molecule has 4 rings (SSSR count). The summed E-state index contributed by atoms with van der Waals surface area (Å²) in [6, 6.07) is 9.11. The number of likely N-dealkylation sites (tertiary alicyclic amines) is 1. The van der Waals surface area contributed by atoms with Crippen molar-refractivity contribution in [1.82, 2.24) is 9.88 Å². The molecule has 3 heterocycles. The van der Waals surface area contributed by atoms with Crippen molar-refractivity contribution in [2.24, 2.45) is 0 Å². The molecule has 1 N–H and O–H groups in total. The second-order valence-corrected chi connectivity index (χ2v) is 7.62. The van der Waals surface area contributed by atoms with Crippen LogP contribution in [0.5, 0.6) is 5.75 Å². The topological polar surface area (TPSA) is 89.0 Å². The molecular weight excluding hydrogens is 408 g/mol. The number of pyridine rings is 1. The lowest BCUT2D eigenvalue weighted by Crippen LogP contribution is -2.36. The highest BCUT2D eigenvalue weighted by molar-refractivity contribution is 6.46. The summed E-state index contributed by atoms with van der Waals surface area (Å²) in [7, 11) is 1.45. The van der Waals surface area contributed by atoms with Crippen molar-refractivity contribution in [3.8, 4) is 5.75 Å². The van der Waals surface area contributed by atoms with Crippen LogP contribution in [0.2, 0.25) is 5.02 Å². The second-order valence-electron chi connectivity index (χ2n) is 7.19. The van der Waals surface area contributed by atoms with Crippen molar-refractivity contribution >= 4 is 29.1 Å². The van der Waals surface area contributed by atoms with E-state index < -0.39 is 17.7 Å². The molecule has 2 atom stereocenters. The predicted molar refractivity (Wildman–Crippen MR) is 110 cm³/mol. The number of Topliss-reactive ketones (excluding diaryl/α,β-unsaturated/α-hetero) is 1. The number of ether oxygens (including phenoxy) is 2. The molecule has 2 saturated heterocycles. The smallest absolute Gasteiger partial charge is 0.295 e. The minimum absolute atomic E-state index is 0.0442. The molecular formula is C22H21ClN2O5. The molecule has 1 aromatic heterocycles. The third kappa shape index (κ3) is 3.66. The van der Waals surface area contributed by atoms with E-state index in [-0.39, 0.29) is 29.5 Å². The maximum atomic E-state index is 13.0. The van der Waals surface area contributed by atoms with Gasteiger partial charge in [0.25, 0.3) is 11.7 Å². The Morgan fingerprint density at radius 3 is 2.83 bits per heavy atom. The van der Waals surface area contributed by atoms with Gasteiger partial charge in [0.05, 0.1) is 30.0 Å². The number of carbonyl (C=O) groups is 2. The molecule has 2 aromatic rings. The first-order valence-electron chi connectivity index (χ1n) is 9.66. The van der Waals surface area contributed by atoms with Crippen LogP contribution < -0.4 is 4.74 Å². The molecule has 1 aromatic carbocycles. The van der Waals surface area contributed by atoms with Gasteiger partial charge >= 0.3 is 0 Å². The molecule has 8 heteroatoms. The predicted octanol–water partition coefficient (Wildman–Crippen LogP) is 3.34. The Bertz CT molecular complexity index is 1000. The Morgan fingerprint density at radius 2 is 2.17 bits per heavy atom. The summed E-state index contributed by atoms with van der Waals surface area (Å²) in [4.78, 5) is 31.7. The van der Waals surface area contributed by atoms with Gasteiger partial charge in [-0.3, -0.25) is 14.6 Å². The average molecular weight is 429 g/mol. The summed E-state index contributed by atoms with van der Waals surface area (Å²) < 4.78 is 11.0. The lowest BCUT2D eigenvalue weighted by molar-refractivity contribution is -0.140. The Hall–Kier alpha value is -2.90. The monoisotopic (exact) mass is 428 g/mol. The minimum atomic E-state index is -0.834. The first kappa shape index (κ1) is 20.4. The molecule has 0 saturated carbocycles. The van der Waals surface area contributed by atoms with E-state index in [0.29, 0.717) is 23.1 Å². The summed E-state index contributed by atoms with van der Waals surface area (Å²) in [5.41, 5.74) is 0.676. The van der Waals surface area contributed by atoms with Gasteiger partial charge in [0.2, 0.25) is 0 Å². The number of nitrogens with zero attached hydrogens (tertiary/aromatic N) is 2. The van der Waals surface area contributed by atoms with Gasteiger partial charge in [-0.05, 0) is 43.2 Å². The normalized spacial score (nSPS) is 23.2. The molecule has 0 bridgehead atoms. The minimum Gasteiger partial charge on any atom is -0.507 e. The summed E-state index contributed by atoms with van der Waals surface area (Å²) in [5.74, 6) is -1.48. The van der Waals surface area contributed by atoms with E-state index in [1.165, 1.54) is 18.1 Å². The van der Waals surface area contributed by atoms with Gasteiger partial charge in [0, 0.05) is 24.4 Å². The van der Waals surface area contributed by atoms with Crippen molar-refractivity contribution in [3.63, 3.8) is 0 Å². The van der Waals surface area contributed by atoms with Gasteiger partial charge in [-0.15, -0.1) is 0 Å². The molecule has 7 nitrogen and oxygen atoms in total. The zero-order chi connectivity index (χ0) is 21.3. The van der Waals surface area contributed by atoms with E-state index in [4.69, 9.17) is 21.1 Å². The zero-order valence-electron chi connectivity index (χ0n) is 16.4. The molecule has 30 heavy (non-hydrogen) atoms. The second kappa shape index (κ2) is 8.45. The van der Waals surface area contributed by atoms with Crippen molar-refractivity contribution < 1.29 is 24.2 Å². The van der Waals surface area contributed by atoms with Gasteiger partial charge in [-0.1, -0.05) is 17.7 Å². The van der Waals surface area contributed by atoms with Crippen molar-refractivity contribution in [1.29, 1.82) is 0 Å². The standard InChI is InChI=1S/C22H21ClN2O5/c1-29-17-8-7-13(23)11-15(17)20(26)18-19(16-6-2-3-9-24-16)25(22(28)21(18)27)12-14-5-4-10-30-14/h2-3,6-9,11,14,19,26H,4-5,10,12H2,1H3/b20-18+. The third-order valence-corrected chi connectivity index (χ3v) is 5.58. The van der Waals surface area contributed by atoms with Crippen LogP contribution in [-0.4, -0.2) is 53.0 Å². The fraction of sp³-hybridized carbons (Fsp3) is 0.318. The van der Waals surface area contributed by atoms with Crippen molar-refractivity contribution in [3.05, 3.63) is 64.4 Å². The highest BCUT2D eigenvalue weighted by Gasteiger charge is 2.47. The van der Waals surface area contributed by atoms with E-state index in [2.05, 4.69) is 4.98 Å². The van der Waals surface area contributed by atoms with Crippen LogP contribution in [0.3, 0.4) is 0 Å². The molecule has 156 valence electrons. The number of rotatable bonds is 5. The number of aromatic nitrogens is 1. The van der Waals surface area contributed by atoms with Crippen LogP contribution in [0.1, 0.15) is 30.1 Å². The SMILES string of the molecule is COc1ccc(Cl)cc1/C(O)=C1\C(=O)C(=O)N(CC2CCCO2)C1c1ccccn1. The highest BCUT2D eigenvalue weighted by Crippen LogP contribution is 2.41. The number of aliphatic hydroxyl groups excluding tert-OH is 1. The summed E-state index contributed by atoms with van der Waals surface area (Å²) in [6.45, 7) is 0.873.